The summed E-state index contributed by atoms with van der Waals surface area (Å²) < 4.78 is 39.8. The Morgan fingerprint density at radius 1 is 1.47 bits per heavy atom. The molecule has 0 amide bonds. The van der Waals surface area contributed by atoms with Gasteiger partial charge in [0.1, 0.15) is 12.2 Å². The van der Waals surface area contributed by atoms with Gasteiger partial charge in [-0.05, 0) is 12.1 Å². The van der Waals surface area contributed by atoms with Crippen molar-refractivity contribution in [3.63, 3.8) is 0 Å². The van der Waals surface area contributed by atoms with Crippen molar-refractivity contribution in [1.82, 2.24) is 0 Å². The summed E-state index contributed by atoms with van der Waals surface area (Å²) in [6, 6.07) is 3.46. The van der Waals surface area contributed by atoms with Gasteiger partial charge in [0.15, 0.2) is 21.4 Å². The first-order chi connectivity index (χ1) is 7.81. The molecule has 1 rings (SSSR count). The first-order valence-electron chi connectivity index (χ1n) is 4.63. The molecule has 94 valence electrons. The minimum Gasteiger partial charge on any atom is -0.489 e. The number of halogens is 1. The first kappa shape index (κ1) is 13.4. The number of ether oxygens (including phenoxy) is 1. The van der Waals surface area contributed by atoms with Gasteiger partial charge in [-0.3, -0.25) is 0 Å². The highest BCUT2D eigenvalue weighted by Crippen LogP contribution is 2.22. The summed E-state index contributed by atoms with van der Waals surface area (Å²) in [5.74, 6) is -2.92. The van der Waals surface area contributed by atoms with Gasteiger partial charge in [-0.15, -0.1) is 0 Å². The lowest BCUT2D eigenvalue weighted by Gasteiger charge is -2.09. The number of rotatable bonds is 5. The summed E-state index contributed by atoms with van der Waals surface area (Å²) in [5, 5.41) is 8.78. The maximum absolute atomic E-state index is 13.3. The second kappa shape index (κ2) is 5.13. The fourth-order valence-corrected chi connectivity index (χ4v) is 1.51. The summed E-state index contributed by atoms with van der Waals surface area (Å²) in [6.07, 6.45) is 1.01. The second-order valence-corrected chi connectivity index (χ2v) is 5.66. The quantitative estimate of drug-likeness (QED) is 0.854. The third kappa shape index (κ3) is 4.03. The number of hydrogen-bond acceptors (Lipinski definition) is 4. The maximum atomic E-state index is 13.3. The molecule has 1 N–H and O–H groups in total. The van der Waals surface area contributed by atoms with Crippen LogP contribution in [-0.2, 0) is 9.84 Å². The van der Waals surface area contributed by atoms with Gasteiger partial charge in [-0.25, -0.2) is 17.6 Å². The van der Waals surface area contributed by atoms with E-state index in [1.54, 1.807) is 0 Å². The molecule has 0 aliphatic carbocycles. The van der Waals surface area contributed by atoms with E-state index >= 15 is 0 Å². The van der Waals surface area contributed by atoms with E-state index in [4.69, 9.17) is 9.84 Å². The third-order valence-corrected chi connectivity index (χ3v) is 2.81. The monoisotopic (exact) mass is 262 g/mol. The topological polar surface area (TPSA) is 80.7 Å². The molecule has 0 saturated carbocycles. The summed E-state index contributed by atoms with van der Waals surface area (Å²) in [4.78, 5) is 10.8. The highest BCUT2D eigenvalue weighted by Gasteiger charge is 2.16. The number of hydrogen-bond donors (Lipinski definition) is 1. The smallest absolute Gasteiger partial charge is 0.339 e. The van der Waals surface area contributed by atoms with Crippen molar-refractivity contribution in [2.24, 2.45) is 0 Å². The average Bonchev–Trinajstić information content (AvgIpc) is 2.18. The SMILES string of the molecule is CS(=O)(=O)CCOc1c(F)cccc1C(=O)O. The van der Waals surface area contributed by atoms with Gasteiger partial charge in [0.05, 0.1) is 5.75 Å². The Morgan fingerprint density at radius 2 is 2.12 bits per heavy atom. The normalized spacial score (nSPS) is 11.2. The van der Waals surface area contributed by atoms with Crippen LogP contribution in [0.1, 0.15) is 10.4 Å². The molecule has 7 heteroatoms. The minimum atomic E-state index is -3.24. The lowest BCUT2D eigenvalue weighted by atomic mass is 10.2. The Kier molecular flexibility index (Phi) is 4.06. The van der Waals surface area contributed by atoms with Gasteiger partial charge in [-0.2, -0.15) is 0 Å². The first-order valence-corrected chi connectivity index (χ1v) is 6.69. The number of carboxylic acid groups (broad SMARTS) is 1. The summed E-state index contributed by atoms with van der Waals surface area (Å²) in [5.41, 5.74) is -0.335. The molecule has 0 aliphatic rings. The van der Waals surface area contributed by atoms with Crippen LogP contribution in [0, 0.1) is 5.82 Å². The van der Waals surface area contributed by atoms with E-state index in [1.165, 1.54) is 12.1 Å². The van der Waals surface area contributed by atoms with Crippen LogP contribution >= 0.6 is 0 Å². The van der Waals surface area contributed by atoms with Crippen molar-refractivity contribution in [3.8, 4) is 5.75 Å². The van der Waals surface area contributed by atoms with Crippen LogP contribution in [0.15, 0.2) is 18.2 Å². The molecule has 1 aromatic carbocycles. The van der Waals surface area contributed by atoms with E-state index in [2.05, 4.69) is 0 Å². The molecule has 0 aromatic heterocycles. The number of para-hydroxylation sites is 1. The maximum Gasteiger partial charge on any atom is 0.339 e. The van der Waals surface area contributed by atoms with E-state index in [1.807, 2.05) is 0 Å². The van der Waals surface area contributed by atoms with E-state index < -0.39 is 27.4 Å². The molecule has 5 nitrogen and oxygen atoms in total. The molecule has 0 unspecified atom stereocenters. The van der Waals surface area contributed by atoms with Gasteiger partial charge in [0.2, 0.25) is 0 Å². The fraction of sp³-hybridized carbons (Fsp3) is 0.300. The number of carbonyl (C=O) groups is 1. The fourth-order valence-electron chi connectivity index (χ4n) is 1.12. The van der Waals surface area contributed by atoms with Crippen molar-refractivity contribution < 1.29 is 27.4 Å². The summed E-state index contributed by atoms with van der Waals surface area (Å²) in [6.45, 7) is -0.292. The largest absolute Gasteiger partial charge is 0.489 e. The average molecular weight is 262 g/mol. The van der Waals surface area contributed by atoms with Gasteiger partial charge in [-0.1, -0.05) is 6.07 Å². The zero-order valence-corrected chi connectivity index (χ0v) is 9.83. The molecule has 0 fully saturated rings. The lowest BCUT2D eigenvalue weighted by molar-refractivity contribution is 0.0691. The van der Waals surface area contributed by atoms with Crippen molar-refractivity contribution in [2.45, 2.75) is 0 Å². The van der Waals surface area contributed by atoms with Crippen molar-refractivity contribution in [3.05, 3.63) is 29.6 Å². The molecular formula is C10H11FO5S. The molecule has 17 heavy (non-hydrogen) atoms. The second-order valence-electron chi connectivity index (χ2n) is 3.40. The lowest BCUT2D eigenvalue weighted by Crippen LogP contribution is -2.14. The zero-order valence-electron chi connectivity index (χ0n) is 9.01. The van der Waals surface area contributed by atoms with E-state index in [9.17, 15) is 17.6 Å². The number of aromatic carboxylic acids is 1. The van der Waals surface area contributed by atoms with Crippen molar-refractivity contribution in [1.29, 1.82) is 0 Å². The van der Waals surface area contributed by atoms with Gasteiger partial charge >= 0.3 is 5.97 Å². The van der Waals surface area contributed by atoms with E-state index in [-0.39, 0.29) is 17.9 Å². The predicted octanol–water partition coefficient (Wildman–Crippen LogP) is 0.947. The Balaban J connectivity index is 2.86. The predicted molar refractivity (Wildman–Crippen MR) is 58.6 cm³/mol. The number of sulfone groups is 1. The minimum absolute atomic E-state index is 0.292. The molecular weight excluding hydrogens is 251 g/mol. The van der Waals surface area contributed by atoms with Gasteiger partial charge < -0.3 is 9.84 Å². The van der Waals surface area contributed by atoms with Crippen LogP contribution in [0.4, 0.5) is 4.39 Å². The Bertz CT molecular complexity index is 523. The van der Waals surface area contributed by atoms with Gasteiger partial charge in [0.25, 0.3) is 0 Å². The van der Waals surface area contributed by atoms with Crippen LogP contribution in [0.3, 0.4) is 0 Å². The molecule has 0 spiro atoms. The van der Waals surface area contributed by atoms with Crippen LogP contribution in [-0.4, -0.2) is 38.1 Å². The highest BCUT2D eigenvalue weighted by atomic mass is 32.2. The number of benzene rings is 1. The molecule has 0 heterocycles. The Hall–Kier alpha value is -1.63. The van der Waals surface area contributed by atoms with E-state index in [0.717, 1.165) is 12.3 Å². The summed E-state index contributed by atoms with van der Waals surface area (Å²) >= 11 is 0. The van der Waals surface area contributed by atoms with Crippen molar-refractivity contribution in [2.75, 3.05) is 18.6 Å². The molecule has 0 aliphatic heterocycles. The molecule has 1 aromatic rings. The van der Waals surface area contributed by atoms with Crippen LogP contribution in [0.25, 0.3) is 0 Å². The molecule has 0 radical (unpaired) electrons. The van der Waals surface area contributed by atoms with E-state index in [0.29, 0.717) is 0 Å². The summed E-state index contributed by atoms with van der Waals surface area (Å²) in [7, 11) is -3.24. The molecule has 0 saturated heterocycles. The van der Waals surface area contributed by atoms with Crippen LogP contribution in [0.2, 0.25) is 0 Å². The van der Waals surface area contributed by atoms with Gasteiger partial charge in [0, 0.05) is 6.26 Å². The number of carboxylic acids is 1. The molecule has 0 bridgehead atoms. The van der Waals surface area contributed by atoms with Crippen LogP contribution < -0.4 is 4.74 Å². The Morgan fingerprint density at radius 3 is 2.65 bits per heavy atom. The molecule has 0 atom stereocenters. The Labute approximate surface area is 97.8 Å². The third-order valence-electron chi connectivity index (χ3n) is 1.90. The highest BCUT2D eigenvalue weighted by molar-refractivity contribution is 7.90. The zero-order chi connectivity index (χ0) is 13.1. The van der Waals surface area contributed by atoms with Crippen LogP contribution in [0.5, 0.6) is 5.75 Å². The van der Waals surface area contributed by atoms with Crippen molar-refractivity contribution >= 4 is 15.8 Å². The standard InChI is InChI=1S/C10H11FO5S/c1-17(14,15)6-5-16-9-7(10(12)13)3-2-4-8(9)11/h2-4H,5-6H2,1H3,(H,12,13).